The Morgan fingerprint density at radius 1 is 1.41 bits per heavy atom. The molecule has 0 bridgehead atoms. The van der Waals surface area contributed by atoms with E-state index in [1.165, 1.54) is 0 Å². The molecule has 1 aromatic heterocycles. The maximum atomic E-state index is 11.1. The van der Waals surface area contributed by atoms with E-state index in [9.17, 15) is 10.1 Å². The van der Waals surface area contributed by atoms with Gasteiger partial charge in [-0.25, -0.2) is 0 Å². The van der Waals surface area contributed by atoms with Gasteiger partial charge in [-0.2, -0.15) is 9.97 Å². The summed E-state index contributed by atoms with van der Waals surface area (Å²) < 4.78 is 0. The van der Waals surface area contributed by atoms with Crippen molar-refractivity contribution < 1.29 is 10.0 Å². The van der Waals surface area contributed by atoms with Crippen molar-refractivity contribution in [2.24, 2.45) is 11.8 Å². The van der Waals surface area contributed by atoms with Crippen LogP contribution in [0.25, 0.3) is 0 Å². The minimum Gasteiger partial charge on any atom is -0.395 e. The Morgan fingerprint density at radius 3 is 2.59 bits per heavy atom. The Labute approximate surface area is 128 Å². The Kier molecular flexibility index (Phi) is 4.96. The molecule has 1 aromatic rings. The minimum absolute atomic E-state index is 0.0485. The zero-order valence-electron chi connectivity index (χ0n) is 12.8. The van der Waals surface area contributed by atoms with Crippen molar-refractivity contribution in [1.82, 2.24) is 9.97 Å². The quantitative estimate of drug-likeness (QED) is 0.539. The van der Waals surface area contributed by atoms with E-state index in [0.717, 1.165) is 19.5 Å². The van der Waals surface area contributed by atoms with Crippen LogP contribution in [0.3, 0.4) is 0 Å². The summed E-state index contributed by atoms with van der Waals surface area (Å²) in [4.78, 5) is 20.9. The number of nitrogen functional groups attached to an aromatic ring is 1. The Balaban J connectivity index is 2.36. The van der Waals surface area contributed by atoms with E-state index >= 15 is 0 Å². The second kappa shape index (κ2) is 6.73. The molecule has 9 heteroatoms. The first-order valence-corrected chi connectivity index (χ1v) is 7.34. The molecule has 1 fully saturated rings. The molecule has 0 unspecified atom stereocenters. The van der Waals surface area contributed by atoms with Crippen molar-refractivity contribution in [1.29, 1.82) is 0 Å². The van der Waals surface area contributed by atoms with Crippen LogP contribution in [0.4, 0.5) is 23.3 Å². The highest BCUT2D eigenvalue weighted by atomic mass is 16.6. The van der Waals surface area contributed by atoms with Gasteiger partial charge in [-0.15, -0.1) is 0 Å². The summed E-state index contributed by atoms with van der Waals surface area (Å²) in [6, 6.07) is 0. The summed E-state index contributed by atoms with van der Waals surface area (Å²) in [5, 5.41) is 22.8. The number of nitrogens with one attached hydrogen (secondary N) is 1. The molecule has 0 radical (unpaired) electrons. The molecule has 0 saturated carbocycles. The lowest BCUT2D eigenvalue weighted by molar-refractivity contribution is -0.383. The second-order valence-corrected chi connectivity index (χ2v) is 5.86. The fourth-order valence-electron chi connectivity index (χ4n) is 2.91. The lowest BCUT2D eigenvalue weighted by Gasteiger charge is -2.35. The van der Waals surface area contributed by atoms with Crippen LogP contribution < -0.4 is 16.0 Å². The summed E-state index contributed by atoms with van der Waals surface area (Å²) in [5.41, 5.74) is 5.40. The third-order valence-electron chi connectivity index (χ3n) is 3.64. The van der Waals surface area contributed by atoms with E-state index in [1.54, 1.807) is 0 Å². The zero-order valence-corrected chi connectivity index (χ0v) is 12.8. The highest BCUT2D eigenvalue weighted by molar-refractivity contribution is 5.70. The first-order chi connectivity index (χ1) is 10.4. The molecule has 2 rings (SSSR count). The summed E-state index contributed by atoms with van der Waals surface area (Å²) in [5.74, 6) is 1.27. The van der Waals surface area contributed by atoms with Gasteiger partial charge in [0.1, 0.15) is 0 Å². The number of nitrogens with zero attached hydrogens (tertiary/aromatic N) is 4. The van der Waals surface area contributed by atoms with Crippen LogP contribution in [0.5, 0.6) is 0 Å². The lowest BCUT2D eigenvalue weighted by Crippen LogP contribution is -2.40. The number of nitro groups is 1. The highest BCUT2D eigenvalue weighted by Gasteiger charge is 2.28. The highest BCUT2D eigenvalue weighted by Crippen LogP contribution is 2.32. The average Bonchev–Trinajstić information content (AvgIpc) is 2.42. The van der Waals surface area contributed by atoms with Gasteiger partial charge in [-0.1, -0.05) is 13.8 Å². The number of hydrogen-bond donors (Lipinski definition) is 3. The minimum atomic E-state index is -0.611. The van der Waals surface area contributed by atoms with E-state index in [4.69, 9.17) is 10.8 Å². The van der Waals surface area contributed by atoms with Crippen LogP contribution in [-0.4, -0.2) is 46.2 Å². The third-order valence-corrected chi connectivity index (χ3v) is 3.64. The number of aromatic nitrogens is 2. The van der Waals surface area contributed by atoms with E-state index in [-0.39, 0.29) is 30.5 Å². The molecule has 22 heavy (non-hydrogen) atoms. The molecule has 4 N–H and O–H groups in total. The fraction of sp³-hybridized carbons (Fsp3) is 0.692. The van der Waals surface area contributed by atoms with Crippen LogP contribution in [0.1, 0.15) is 20.3 Å². The number of aliphatic hydroxyl groups is 1. The van der Waals surface area contributed by atoms with Crippen LogP contribution >= 0.6 is 0 Å². The van der Waals surface area contributed by atoms with Gasteiger partial charge in [-0.3, -0.25) is 10.1 Å². The molecule has 0 aliphatic carbocycles. The first kappa shape index (κ1) is 16.2. The van der Waals surface area contributed by atoms with Crippen molar-refractivity contribution in [2.75, 3.05) is 42.2 Å². The van der Waals surface area contributed by atoms with Crippen molar-refractivity contribution in [2.45, 2.75) is 20.3 Å². The topological polar surface area (TPSA) is 130 Å². The molecule has 0 spiro atoms. The molecule has 0 amide bonds. The van der Waals surface area contributed by atoms with Gasteiger partial charge in [-0.05, 0) is 18.3 Å². The first-order valence-electron chi connectivity index (χ1n) is 7.34. The monoisotopic (exact) mass is 310 g/mol. The van der Waals surface area contributed by atoms with Gasteiger partial charge < -0.3 is 21.1 Å². The smallest absolute Gasteiger partial charge is 0.353 e. The van der Waals surface area contributed by atoms with E-state index in [0.29, 0.717) is 17.8 Å². The molecular formula is C13H22N6O3. The van der Waals surface area contributed by atoms with Crippen molar-refractivity contribution in [3.63, 3.8) is 0 Å². The normalized spacial score (nSPS) is 21.7. The van der Waals surface area contributed by atoms with Crippen molar-refractivity contribution in [3.05, 3.63) is 10.1 Å². The van der Waals surface area contributed by atoms with Crippen LogP contribution in [0, 0.1) is 22.0 Å². The predicted octanol–water partition coefficient (Wildman–Crippen LogP) is 0.853. The average molecular weight is 310 g/mol. The summed E-state index contributed by atoms with van der Waals surface area (Å²) in [7, 11) is 0. The number of piperidine rings is 1. The zero-order chi connectivity index (χ0) is 16.3. The maximum absolute atomic E-state index is 11.1. The summed E-state index contributed by atoms with van der Waals surface area (Å²) in [6.07, 6.45) is 1.13. The fourth-order valence-corrected chi connectivity index (χ4v) is 2.91. The SMILES string of the molecule is C[C@H]1C[C@H](C)CN(c2nc(N)c([N+](=O)[O-])c(NCCO)n2)C1. The second-order valence-electron chi connectivity index (χ2n) is 5.86. The van der Waals surface area contributed by atoms with Gasteiger partial charge in [0, 0.05) is 19.6 Å². The van der Waals surface area contributed by atoms with E-state index in [1.807, 2.05) is 4.90 Å². The van der Waals surface area contributed by atoms with Crippen LogP contribution in [0.15, 0.2) is 0 Å². The van der Waals surface area contributed by atoms with Gasteiger partial charge in [0.2, 0.25) is 17.6 Å². The van der Waals surface area contributed by atoms with Gasteiger partial charge in [0.25, 0.3) is 0 Å². The molecule has 9 nitrogen and oxygen atoms in total. The van der Waals surface area contributed by atoms with Gasteiger partial charge >= 0.3 is 5.69 Å². The third kappa shape index (κ3) is 3.53. The van der Waals surface area contributed by atoms with Crippen LogP contribution in [0.2, 0.25) is 0 Å². The Hall–Kier alpha value is -2.16. The molecule has 2 heterocycles. The predicted molar refractivity (Wildman–Crippen MR) is 83.8 cm³/mol. The maximum Gasteiger partial charge on any atom is 0.353 e. The van der Waals surface area contributed by atoms with E-state index in [2.05, 4.69) is 29.1 Å². The standard InChI is InChI=1S/C13H22N6O3/c1-8-5-9(2)7-18(6-8)13-16-11(14)10(19(21)22)12(17-13)15-3-4-20/h8-9,20H,3-7H2,1-2H3,(H3,14,15,16,17)/t8-,9-/m0/s1. The molecular weight excluding hydrogens is 288 g/mol. The molecule has 1 aliphatic rings. The number of hydrogen-bond acceptors (Lipinski definition) is 8. The number of rotatable bonds is 5. The van der Waals surface area contributed by atoms with Gasteiger partial charge in [0.15, 0.2) is 0 Å². The van der Waals surface area contributed by atoms with Crippen molar-refractivity contribution in [3.8, 4) is 0 Å². The lowest BCUT2D eigenvalue weighted by atomic mass is 9.92. The summed E-state index contributed by atoms with van der Waals surface area (Å²) in [6.45, 7) is 5.89. The number of anilines is 3. The summed E-state index contributed by atoms with van der Waals surface area (Å²) >= 11 is 0. The van der Waals surface area contributed by atoms with Crippen LogP contribution in [-0.2, 0) is 0 Å². The molecule has 1 saturated heterocycles. The molecule has 2 atom stereocenters. The molecule has 0 aromatic carbocycles. The Bertz CT molecular complexity index is 543. The van der Waals surface area contributed by atoms with Gasteiger partial charge in [0.05, 0.1) is 11.5 Å². The number of nitrogens with two attached hydrogens (primary N) is 1. The number of aliphatic hydroxyl groups excluding tert-OH is 1. The molecule has 1 aliphatic heterocycles. The van der Waals surface area contributed by atoms with E-state index < -0.39 is 4.92 Å². The Morgan fingerprint density at radius 2 is 2.05 bits per heavy atom. The largest absolute Gasteiger partial charge is 0.395 e. The van der Waals surface area contributed by atoms with Crippen molar-refractivity contribution >= 4 is 23.3 Å². The molecule has 122 valence electrons.